The number of aromatic carboxylic acids is 2. The van der Waals surface area contributed by atoms with Gasteiger partial charge >= 0.3 is 11.9 Å². The summed E-state index contributed by atoms with van der Waals surface area (Å²) in [6, 6.07) is 3.01. The second-order valence-electron chi connectivity index (χ2n) is 7.39. The molecule has 0 heterocycles. The third kappa shape index (κ3) is 11.0. The van der Waals surface area contributed by atoms with E-state index < -0.39 is 11.9 Å². The zero-order valence-electron chi connectivity index (χ0n) is 19.4. The minimum Gasteiger partial charge on any atom is -0.478 e. The van der Waals surface area contributed by atoms with Crippen LogP contribution in [-0.4, -0.2) is 75.0 Å². The van der Waals surface area contributed by atoms with Crippen molar-refractivity contribution in [1.29, 1.82) is 0 Å². The number of ether oxygens (including phenoxy) is 4. The summed E-state index contributed by atoms with van der Waals surface area (Å²) < 4.78 is 22.1. The quantitative estimate of drug-likeness (QED) is 0.286. The number of hydrogen-bond acceptors (Lipinski definition) is 6. The van der Waals surface area contributed by atoms with E-state index in [1.54, 1.807) is 6.07 Å². The van der Waals surface area contributed by atoms with Gasteiger partial charge in [-0.05, 0) is 42.9 Å². The first-order valence-corrected chi connectivity index (χ1v) is 11.4. The fraction of sp³-hybridized carbons (Fsp3) is 0.667. The summed E-state index contributed by atoms with van der Waals surface area (Å²) in [4.78, 5) is 23.4. The molecular formula is C24H38O8. The Morgan fingerprint density at radius 1 is 0.688 bits per heavy atom. The van der Waals surface area contributed by atoms with Crippen LogP contribution in [0.1, 0.15) is 71.4 Å². The van der Waals surface area contributed by atoms with Crippen molar-refractivity contribution in [2.75, 3.05) is 52.9 Å². The van der Waals surface area contributed by atoms with Gasteiger partial charge in [0.1, 0.15) is 0 Å². The lowest BCUT2D eigenvalue weighted by Gasteiger charge is -2.15. The molecule has 1 aromatic carbocycles. The SMILES string of the molecule is CCCCOCCOCCc1ccc(C(=O)O)c(C(=O)O)c1CCOCCOCCCC. The normalized spacial score (nSPS) is 11.1. The van der Waals surface area contributed by atoms with E-state index in [1.807, 2.05) is 0 Å². The summed E-state index contributed by atoms with van der Waals surface area (Å²) in [6.07, 6.45) is 4.94. The van der Waals surface area contributed by atoms with Gasteiger partial charge < -0.3 is 29.2 Å². The molecular weight excluding hydrogens is 416 g/mol. The van der Waals surface area contributed by atoms with Crippen molar-refractivity contribution in [2.24, 2.45) is 0 Å². The van der Waals surface area contributed by atoms with Gasteiger partial charge in [-0.1, -0.05) is 32.8 Å². The Hall–Kier alpha value is -2.00. The zero-order chi connectivity index (χ0) is 23.6. The molecule has 1 aromatic rings. The van der Waals surface area contributed by atoms with Crippen molar-refractivity contribution in [2.45, 2.75) is 52.4 Å². The number of carbonyl (C=O) groups is 2. The highest BCUT2D eigenvalue weighted by Gasteiger charge is 2.22. The molecule has 0 unspecified atom stereocenters. The molecule has 0 aliphatic carbocycles. The van der Waals surface area contributed by atoms with E-state index in [0.717, 1.165) is 31.2 Å². The molecule has 8 nitrogen and oxygen atoms in total. The number of rotatable bonds is 20. The van der Waals surface area contributed by atoms with Crippen molar-refractivity contribution in [3.05, 3.63) is 34.4 Å². The van der Waals surface area contributed by atoms with Gasteiger partial charge in [0, 0.05) is 13.2 Å². The van der Waals surface area contributed by atoms with Crippen LogP contribution in [0.15, 0.2) is 12.1 Å². The fourth-order valence-corrected chi connectivity index (χ4v) is 3.13. The molecule has 0 aliphatic heterocycles. The second-order valence-corrected chi connectivity index (χ2v) is 7.39. The fourth-order valence-electron chi connectivity index (χ4n) is 3.13. The Balaban J connectivity index is 2.68. The van der Waals surface area contributed by atoms with E-state index in [2.05, 4.69) is 13.8 Å². The number of hydrogen-bond donors (Lipinski definition) is 2. The average molecular weight is 455 g/mol. The van der Waals surface area contributed by atoms with Crippen LogP contribution in [0.25, 0.3) is 0 Å². The molecule has 0 saturated carbocycles. The summed E-state index contributed by atoms with van der Waals surface area (Å²) in [5.74, 6) is -2.52. The Morgan fingerprint density at radius 2 is 1.19 bits per heavy atom. The van der Waals surface area contributed by atoms with E-state index >= 15 is 0 Å². The van der Waals surface area contributed by atoms with Crippen molar-refractivity contribution in [3.8, 4) is 0 Å². The van der Waals surface area contributed by atoms with Crippen LogP contribution >= 0.6 is 0 Å². The topological polar surface area (TPSA) is 112 Å². The molecule has 182 valence electrons. The van der Waals surface area contributed by atoms with E-state index in [9.17, 15) is 19.8 Å². The van der Waals surface area contributed by atoms with Crippen LogP contribution in [0.5, 0.6) is 0 Å². The lowest BCUT2D eigenvalue weighted by Crippen LogP contribution is -2.17. The average Bonchev–Trinajstić information content (AvgIpc) is 2.77. The maximum absolute atomic E-state index is 11.9. The number of unbranched alkanes of at least 4 members (excludes halogenated alkanes) is 2. The largest absolute Gasteiger partial charge is 0.478 e. The Labute approximate surface area is 190 Å². The summed E-state index contributed by atoms with van der Waals surface area (Å²) in [7, 11) is 0. The summed E-state index contributed by atoms with van der Waals surface area (Å²) in [6.45, 7) is 8.12. The number of benzene rings is 1. The molecule has 0 amide bonds. The minimum absolute atomic E-state index is 0.180. The molecule has 0 aliphatic rings. The number of carboxylic acids is 2. The third-order valence-corrected chi connectivity index (χ3v) is 4.89. The van der Waals surface area contributed by atoms with Gasteiger partial charge in [0.05, 0.1) is 50.8 Å². The summed E-state index contributed by atoms with van der Waals surface area (Å²) in [5.41, 5.74) is 0.833. The van der Waals surface area contributed by atoms with E-state index in [1.165, 1.54) is 6.07 Å². The molecule has 0 saturated heterocycles. The van der Waals surface area contributed by atoms with Gasteiger partial charge in [0.15, 0.2) is 0 Å². The van der Waals surface area contributed by atoms with Crippen LogP contribution in [-0.2, 0) is 31.8 Å². The van der Waals surface area contributed by atoms with E-state index in [0.29, 0.717) is 64.7 Å². The molecule has 32 heavy (non-hydrogen) atoms. The van der Waals surface area contributed by atoms with Gasteiger partial charge in [0.25, 0.3) is 0 Å². The predicted octanol–water partition coefficient (Wildman–Crippen LogP) is 3.83. The van der Waals surface area contributed by atoms with Crippen molar-refractivity contribution in [3.63, 3.8) is 0 Å². The standard InChI is InChI=1S/C24H38O8/c1-3-5-11-29-15-17-31-13-9-19-7-8-21(23(25)26)22(24(27)28)20(19)10-14-32-18-16-30-12-6-4-2/h7-8H,3-6,9-18H2,1-2H3,(H,25,26)(H,27,28). The monoisotopic (exact) mass is 454 g/mol. The van der Waals surface area contributed by atoms with E-state index in [4.69, 9.17) is 18.9 Å². The van der Waals surface area contributed by atoms with Crippen LogP contribution in [0.2, 0.25) is 0 Å². The van der Waals surface area contributed by atoms with Crippen LogP contribution < -0.4 is 0 Å². The molecule has 0 aromatic heterocycles. The van der Waals surface area contributed by atoms with Crippen molar-refractivity contribution in [1.82, 2.24) is 0 Å². The van der Waals surface area contributed by atoms with E-state index in [-0.39, 0.29) is 17.7 Å². The third-order valence-electron chi connectivity index (χ3n) is 4.89. The first kappa shape index (κ1) is 28.0. The summed E-state index contributed by atoms with van der Waals surface area (Å²) in [5, 5.41) is 19.1. The van der Waals surface area contributed by atoms with Gasteiger partial charge in [-0.25, -0.2) is 9.59 Å². The Kier molecular flexibility index (Phi) is 15.4. The van der Waals surface area contributed by atoms with Crippen molar-refractivity contribution < 1.29 is 38.7 Å². The first-order chi connectivity index (χ1) is 15.5. The molecule has 0 atom stereocenters. The van der Waals surface area contributed by atoms with Gasteiger partial charge in [-0.2, -0.15) is 0 Å². The smallest absolute Gasteiger partial charge is 0.336 e. The van der Waals surface area contributed by atoms with Crippen molar-refractivity contribution >= 4 is 11.9 Å². The lowest BCUT2D eigenvalue weighted by atomic mass is 9.92. The summed E-state index contributed by atoms with van der Waals surface area (Å²) >= 11 is 0. The second kappa shape index (κ2) is 17.5. The Bertz CT molecular complexity index is 674. The first-order valence-electron chi connectivity index (χ1n) is 11.4. The Morgan fingerprint density at radius 3 is 1.66 bits per heavy atom. The molecule has 0 radical (unpaired) electrons. The highest BCUT2D eigenvalue weighted by atomic mass is 16.5. The highest BCUT2D eigenvalue weighted by Crippen LogP contribution is 2.22. The van der Waals surface area contributed by atoms with Crippen LogP contribution in [0.3, 0.4) is 0 Å². The molecule has 1 rings (SSSR count). The van der Waals surface area contributed by atoms with Gasteiger partial charge in [-0.3, -0.25) is 0 Å². The van der Waals surface area contributed by atoms with Crippen LogP contribution in [0, 0.1) is 0 Å². The van der Waals surface area contributed by atoms with Crippen LogP contribution in [0.4, 0.5) is 0 Å². The lowest BCUT2D eigenvalue weighted by molar-refractivity contribution is 0.0465. The van der Waals surface area contributed by atoms with Gasteiger partial charge in [-0.15, -0.1) is 0 Å². The molecule has 0 bridgehead atoms. The maximum atomic E-state index is 11.9. The van der Waals surface area contributed by atoms with Gasteiger partial charge in [0.2, 0.25) is 0 Å². The molecule has 0 fully saturated rings. The molecule has 0 spiro atoms. The predicted molar refractivity (Wildman–Crippen MR) is 121 cm³/mol. The zero-order valence-corrected chi connectivity index (χ0v) is 19.4. The highest BCUT2D eigenvalue weighted by molar-refractivity contribution is 6.03. The minimum atomic E-state index is -1.26. The number of carboxylic acid groups (broad SMARTS) is 2. The maximum Gasteiger partial charge on any atom is 0.336 e. The molecule has 2 N–H and O–H groups in total. The molecule has 8 heteroatoms.